The summed E-state index contributed by atoms with van der Waals surface area (Å²) >= 11 is 11.5. The minimum Gasteiger partial charge on any atom is -0.373 e. The lowest BCUT2D eigenvalue weighted by Crippen LogP contribution is -2.33. The molecule has 0 aromatic heterocycles. The van der Waals surface area contributed by atoms with Gasteiger partial charge in [-0.3, -0.25) is 0 Å². The van der Waals surface area contributed by atoms with Gasteiger partial charge in [-0.25, -0.2) is 0 Å². The molecule has 1 N–H and O–H groups in total. The Labute approximate surface area is 124 Å². The third-order valence-electron chi connectivity index (χ3n) is 2.88. The van der Waals surface area contributed by atoms with Gasteiger partial charge in [0.25, 0.3) is 0 Å². The maximum Gasteiger partial charge on any atom is 0.108 e. The molecule has 3 heteroatoms. The molecule has 1 unspecified atom stereocenters. The van der Waals surface area contributed by atoms with E-state index in [2.05, 4.69) is 36.5 Å². The normalized spacial score (nSPS) is 11.9. The average molecular weight is 290 g/mol. The Morgan fingerprint density at radius 2 is 1.74 bits per heavy atom. The molecule has 0 radical (unpaired) electrons. The summed E-state index contributed by atoms with van der Waals surface area (Å²) in [5.74, 6) is 0. The molecule has 0 aliphatic heterocycles. The lowest BCUT2D eigenvalue weighted by molar-refractivity contribution is 0.665. The second-order valence-corrected chi connectivity index (χ2v) is 5.36. The van der Waals surface area contributed by atoms with Gasteiger partial charge in [0, 0.05) is 11.6 Å². The van der Waals surface area contributed by atoms with E-state index in [1.807, 2.05) is 30.3 Å². The molecule has 0 aliphatic rings. The summed E-state index contributed by atoms with van der Waals surface area (Å²) in [6.07, 6.45) is 0.936. The molecule has 19 heavy (non-hydrogen) atoms. The highest BCUT2D eigenvalue weighted by atomic mass is 35.5. The van der Waals surface area contributed by atoms with Crippen LogP contribution >= 0.6 is 23.8 Å². The lowest BCUT2D eigenvalue weighted by Gasteiger charge is -2.16. The Morgan fingerprint density at radius 3 is 2.42 bits per heavy atom. The van der Waals surface area contributed by atoms with Crippen LogP contribution in [0.2, 0.25) is 5.02 Å². The molecular weight excluding hydrogens is 274 g/mol. The number of thiocarbonyl (C=S) groups is 1. The van der Waals surface area contributed by atoms with Crippen LogP contribution < -0.4 is 5.32 Å². The van der Waals surface area contributed by atoms with Gasteiger partial charge in [-0.05, 0) is 25.0 Å². The first kappa shape index (κ1) is 14.0. The Morgan fingerprint density at radius 1 is 1.11 bits per heavy atom. The van der Waals surface area contributed by atoms with E-state index in [9.17, 15) is 0 Å². The van der Waals surface area contributed by atoms with E-state index in [-0.39, 0.29) is 6.04 Å². The van der Waals surface area contributed by atoms with Crippen LogP contribution in [0.1, 0.15) is 18.1 Å². The van der Waals surface area contributed by atoms with Crippen LogP contribution in [0.4, 0.5) is 0 Å². The van der Waals surface area contributed by atoms with Gasteiger partial charge in [-0.2, -0.15) is 0 Å². The van der Waals surface area contributed by atoms with Crippen molar-refractivity contribution in [1.82, 2.24) is 5.32 Å². The number of halogens is 1. The van der Waals surface area contributed by atoms with Gasteiger partial charge >= 0.3 is 0 Å². The summed E-state index contributed by atoms with van der Waals surface area (Å²) in [7, 11) is 0. The topological polar surface area (TPSA) is 12.0 Å². The largest absolute Gasteiger partial charge is 0.373 e. The summed E-state index contributed by atoms with van der Waals surface area (Å²) < 4.78 is 0. The zero-order chi connectivity index (χ0) is 13.7. The molecule has 2 aromatic rings. The van der Waals surface area contributed by atoms with Crippen LogP contribution in [-0.2, 0) is 6.42 Å². The molecule has 0 aliphatic carbocycles. The van der Waals surface area contributed by atoms with Crippen LogP contribution in [0.15, 0.2) is 54.6 Å². The van der Waals surface area contributed by atoms with E-state index in [0.29, 0.717) is 10.0 Å². The number of hydrogen-bond donors (Lipinski definition) is 1. The van der Waals surface area contributed by atoms with Crippen LogP contribution in [0.25, 0.3) is 0 Å². The zero-order valence-corrected chi connectivity index (χ0v) is 12.3. The Bertz CT molecular complexity index is 554. The molecule has 0 bridgehead atoms. The van der Waals surface area contributed by atoms with Crippen molar-refractivity contribution in [3.05, 3.63) is 70.7 Å². The van der Waals surface area contributed by atoms with Crippen LogP contribution in [0.5, 0.6) is 0 Å². The fourth-order valence-corrected chi connectivity index (χ4v) is 2.63. The third kappa shape index (κ3) is 4.05. The SMILES string of the molecule is CC(Cc1ccccc1)NC(=S)c1ccccc1Cl. The highest BCUT2D eigenvalue weighted by Crippen LogP contribution is 2.15. The molecule has 0 saturated carbocycles. The number of nitrogens with one attached hydrogen (secondary N) is 1. The maximum absolute atomic E-state index is 6.14. The first-order valence-corrected chi connectivity index (χ1v) is 7.05. The summed E-state index contributed by atoms with van der Waals surface area (Å²) in [5.41, 5.74) is 2.18. The molecule has 0 spiro atoms. The van der Waals surface area contributed by atoms with Crippen molar-refractivity contribution in [3.63, 3.8) is 0 Å². The Hall–Kier alpha value is -1.38. The predicted molar refractivity (Wildman–Crippen MR) is 85.9 cm³/mol. The van der Waals surface area contributed by atoms with Crippen LogP contribution in [0.3, 0.4) is 0 Å². The van der Waals surface area contributed by atoms with Crippen LogP contribution in [-0.4, -0.2) is 11.0 Å². The second-order valence-electron chi connectivity index (χ2n) is 4.54. The molecule has 0 fully saturated rings. The third-order valence-corrected chi connectivity index (χ3v) is 3.55. The fourth-order valence-electron chi connectivity index (χ4n) is 1.97. The average Bonchev–Trinajstić information content (AvgIpc) is 2.40. The number of benzene rings is 2. The minimum absolute atomic E-state index is 0.270. The summed E-state index contributed by atoms with van der Waals surface area (Å²) in [6, 6.07) is 18.3. The van der Waals surface area contributed by atoms with Gasteiger partial charge in [0.2, 0.25) is 0 Å². The molecule has 0 heterocycles. The van der Waals surface area contributed by atoms with Crippen molar-refractivity contribution in [2.45, 2.75) is 19.4 Å². The zero-order valence-electron chi connectivity index (χ0n) is 10.8. The molecule has 0 amide bonds. The summed E-state index contributed by atoms with van der Waals surface area (Å²) in [4.78, 5) is 0.703. The number of rotatable bonds is 4. The van der Waals surface area contributed by atoms with Crippen molar-refractivity contribution >= 4 is 28.8 Å². The van der Waals surface area contributed by atoms with E-state index in [4.69, 9.17) is 23.8 Å². The molecule has 98 valence electrons. The molecule has 1 atom stereocenters. The highest BCUT2D eigenvalue weighted by molar-refractivity contribution is 7.80. The van der Waals surface area contributed by atoms with Gasteiger partial charge in [-0.1, -0.05) is 72.3 Å². The van der Waals surface area contributed by atoms with E-state index < -0.39 is 0 Å². The van der Waals surface area contributed by atoms with Crippen LogP contribution in [0, 0.1) is 0 Å². The standard InChI is InChI=1S/C16H16ClNS/c1-12(11-13-7-3-2-4-8-13)18-16(19)14-9-5-6-10-15(14)17/h2-10,12H,11H2,1H3,(H,18,19). The molecule has 0 saturated heterocycles. The lowest BCUT2D eigenvalue weighted by atomic mass is 10.1. The van der Waals surface area contributed by atoms with E-state index in [1.165, 1.54) is 5.56 Å². The van der Waals surface area contributed by atoms with Gasteiger partial charge in [0.1, 0.15) is 4.99 Å². The first-order valence-electron chi connectivity index (χ1n) is 6.26. The molecule has 1 nitrogen and oxygen atoms in total. The smallest absolute Gasteiger partial charge is 0.108 e. The van der Waals surface area contributed by atoms with Crippen molar-refractivity contribution in [1.29, 1.82) is 0 Å². The van der Waals surface area contributed by atoms with Gasteiger partial charge < -0.3 is 5.32 Å². The van der Waals surface area contributed by atoms with E-state index in [1.54, 1.807) is 0 Å². The molecular formula is C16H16ClNS. The summed E-state index contributed by atoms with van der Waals surface area (Å²) in [5, 5.41) is 4.02. The molecule has 2 aromatic carbocycles. The summed E-state index contributed by atoms with van der Waals surface area (Å²) in [6.45, 7) is 2.12. The van der Waals surface area contributed by atoms with Crippen molar-refractivity contribution in [2.75, 3.05) is 0 Å². The van der Waals surface area contributed by atoms with E-state index in [0.717, 1.165) is 12.0 Å². The molecule has 2 rings (SSSR count). The van der Waals surface area contributed by atoms with Crippen molar-refractivity contribution in [3.8, 4) is 0 Å². The minimum atomic E-state index is 0.270. The van der Waals surface area contributed by atoms with Crippen molar-refractivity contribution < 1.29 is 0 Å². The van der Waals surface area contributed by atoms with Gasteiger partial charge in [-0.15, -0.1) is 0 Å². The highest BCUT2D eigenvalue weighted by Gasteiger charge is 2.09. The van der Waals surface area contributed by atoms with Crippen molar-refractivity contribution in [2.24, 2.45) is 0 Å². The predicted octanol–water partition coefficient (Wildman–Crippen LogP) is 4.24. The number of hydrogen-bond acceptors (Lipinski definition) is 1. The quantitative estimate of drug-likeness (QED) is 0.845. The first-order chi connectivity index (χ1) is 9.16. The van der Waals surface area contributed by atoms with Gasteiger partial charge in [0.15, 0.2) is 0 Å². The Balaban J connectivity index is 1.98. The van der Waals surface area contributed by atoms with E-state index >= 15 is 0 Å². The van der Waals surface area contributed by atoms with Gasteiger partial charge in [0.05, 0.1) is 5.02 Å². The Kier molecular flexibility index (Phi) is 4.94. The fraction of sp³-hybridized carbons (Fsp3) is 0.188. The maximum atomic E-state index is 6.14. The monoisotopic (exact) mass is 289 g/mol. The second kappa shape index (κ2) is 6.69.